The summed E-state index contributed by atoms with van der Waals surface area (Å²) in [6.45, 7) is 4.84. The van der Waals surface area contributed by atoms with Crippen LogP contribution in [0, 0.1) is 12.7 Å². The molecular formula is C12H17FO2. The number of hydrogen-bond donors (Lipinski definition) is 1. The third-order valence-corrected chi connectivity index (χ3v) is 2.19. The number of ether oxygens (including phenoxy) is 1. The molecule has 0 saturated carbocycles. The van der Waals surface area contributed by atoms with E-state index >= 15 is 0 Å². The van der Waals surface area contributed by atoms with Gasteiger partial charge in [-0.1, -0.05) is 6.07 Å². The Balaban J connectivity index is 2.60. The summed E-state index contributed by atoms with van der Waals surface area (Å²) in [6.07, 6.45) is -0.151. The highest BCUT2D eigenvalue weighted by atomic mass is 19.1. The Hall–Kier alpha value is -0.930. The Labute approximate surface area is 89.7 Å². The number of aliphatic hydroxyl groups is 1. The highest BCUT2D eigenvalue weighted by Gasteiger charge is 2.08. The molecule has 1 rings (SSSR count). The number of hydrogen-bond acceptors (Lipinski definition) is 2. The van der Waals surface area contributed by atoms with E-state index in [0.717, 1.165) is 5.56 Å². The molecule has 0 aliphatic heterocycles. The van der Waals surface area contributed by atoms with Gasteiger partial charge >= 0.3 is 0 Å². The highest BCUT2D eigenvalue weighted by Crippen LogP contribution is 2.19. The van der Waals surface area contributed by atoms with Gasteiger partial charge in [-0.05, 0) is 37.1 Å². The summed E-state index contributed by atoms with van der Waals surface area (Å²) in [7, 11) is 0. The largest absolute Gasteiger partial charge is 0.388 e. The number of benzene rings is 1. The average Bonchev–Trinajstić information content (AvgIpc) is 2.16. The molecule has 0 amide bonds. The summed E-state index contributed by atoms with van der Waals surface area (Å²) < 4.78 is 18.2. The molecule has 0 saturated heterocycles. The summed E-state index contributed by atoms with van der Waals surface area (Å²) >= 11 is 0. The fraction of sp³-hybridized carbons (Fsp3) is 0.500. The molecule has 15 heavy (non-hydrogen) atoms. The molecule has 2 nitrogen and oxygen atoms in total. The molecule has 0 fully saturated rings. The third-order valence-electron chi connectivity index (χ3n) is 2.19. The first kappa shape index (κ1) is 12.1. The maximum atomic E-state index is 13.0. The first-order valence-corrected chi connectivity index (χ1v) is 5.16. The lowest BCUT2D eigenvalue weighted by atomic mass is 10.0. The minimum absolute atomic E-state index is 0.305. The van der Waals surface area contributed by atoms with Gasteiger partial charge in [-0.3, -0.25) is 0 Å². The van der Waals surface area contributed by atoms with Gasteiger partial charge in [0.1, 0.15) is 5.82 Å². The Morgan fingerprint density at radius 3 is 2.73 bits per heavy atom. The molecule has 1 unspecified atom stereocenters. The van der Waals surface area contributed by atoms with Crippen LogP contribution in [-0.2, 0) is 4.74 Å². The van der Waals surface area contributed by atoms with Crippen molar-refractivity contribution in [1.29, 1.82) is 0 Å². The molecule has 3 heteroatoms. The van der Waals surface area contributed by atoms with E-state index < -0.39 is 6.10 Å². The lowest BCUT2D eigenvalue weighted by Gasteiger charge is -2.11. The molecule has 0 spiro atoms. The quantitative estimate of drug-likeness (QED) is 0.760. The standard InChI is InChI=1S/C12H17FO2/c1-3-15-5-4-12(14)10-6-9(2)7-11(13)8-10/h6-8,12,14H,3-5H2,1-2H3. The number of halogens is 1. The van der Waals surface area contributed by atoms with Crippen LogP contribution in [-0.4, -0.2) is 18.3 Å². The lowest BCUT2D eigenvalue weighted by molar-refractivity contribution is 0.0884. The van der Waals surface area contributed by atoms with Crippen molar-refractivity contribution in [3.05, 3.63) is 35.1 Å². The van der Waals surface area contributed by atoms with E-state index in [-0.39, 0.29) is 5.82 Å². The van der Waals surface area contributed by atoms with Crippen molar-refractivity contribution in [2.24, 2.45) is 0 Å². The van der Waals surface area contributed by atoms with E-state index in [0.29, 0.717) is 25.2 Å². The Morgan fingerprint density at radius 2 is 2.13 bits per heavy atom. The average molecular weight is 212 g/mol. The molecule has 84 valence electrons. The smallest absolute Gasteiger partial charge is 0.123 e. The number of aliphatic hydroxyl groups excluding tert-OH is 1. The zero-order chi connectivity index (χ0) is 11.3. The van der Waals surface area contributed by atoms with Crippen LogP contribution in [0.25, 0.3) is 0 Å². The summed E-state index contributed by atoms with van der Waals surface area (Å²) in [6, 6.07) is 4.60. The molecule has 0 aliphatic carbocycles. The van der Waals surface area contributed by atoms with Gasteiger partial charge in [-0.25, -0.2) is 4.39 Å². The van der Waals surface area contributed by atoms with Crippen LogP contribution in [0.4, 0.5) is 4.39 Å². The van der Waals surface area contributed by atoms with Crippen LogP contribution in [0.3, 0.4) is 0 Å². The van der Waals surface area contributed by atoms with E-state index in [1.54, 1.807) is 6.07 Å². The molecule has 0 bridgehead atoms. The van der Waals surface area contributed by atoms with Crippen molar-refractivity contribution in [2.75, 3.05) is 13.2 Å². The highest BCUT2D eigenvalue weighted by molar-refractivity contribution is 5.25. The van der Waals surface area contributed by atoms with Crippen LogP contribution in [0.5, 0.6) is 0 Å². The zero-order valence-corrected chi connectivity index (χ0v) is 9.16. The van der Waals surface area contributed by atoms with Crippen LogP contribution >= 0.6 is 0 Å². The van der Waals surface area contributed by atoms with Gasteiger partial charge in [0, 0.05) is 19.6 Å². The van der Waals surface area contributed by atoms with Crippen molar-refractivity contribution in [3.63, 3.8) is 0 Å². The molecule has 0 radical (unpaired) electrons. The van der Waals surface area contributed by atoms with Crippen molar-refractivity contribution in [2.45, 2.75) is 26.4 Å². The van der Waals surface area contributed by atoms with E-state index in [4.69, 9.17) is 4.74 Å². The summed E-state index contributed by atoms with van der Waals surface area (Å²) in [5, 5.41) is 9.75. The van der Waals surface area contributed by atoms with E-state index in [9.17, 15) is 9.50 Å². The van der Waals surface area contributed by atoms with E-state index in [1.807, 2.05) is 13.8 Å². The van der Waals surface area contributed by atoms with Crippen LogP contribution < -0.4 is 0 Å². The van der Waals surface area contributed by atoms with E-state index in [2.05, 4.69) is 0 Å². The summed E-state index contributed by atoms with van der Waals surface area (Å²) in [5.41, 5.74) is 1.44. The number of rotatable bonds is 5. The fourth-order valence-electron chi connectivity index (χ4n) is 1.46. The van der Waals surface area contributed by atoms with Crippen molar-refractivity contribution >= 4 is 0 Å². The SMILES string of the molecule is CCOCCC(O)c1cc(C)cc(F)c1. The minimum atomic E-state index is -0.647. The van der Waals surface area contributed by atoms with Gasteiger partial charge in [-0.2, -0.15) is 0 Å². The van der Waals surface area contributed by atoms with Gasteiger partial charge in [0.25, 0.3) is 0 Å². The number of aryl methyl sites for hydroxylation is 1. The van der Waals surface area contributed by atoms with Crippen molar-refractivity contribution in [1.82, 2.24) is 0 Å². The normalized spacial score (nSPS) is 12.8. The molecule has 1 N–H and O–H groups in total. The van der Waals surface area contributed by atoms with Crippen molar-refractivity contribution in [3.8, 4) is 0 Å². The van der Waals surface area contributed by atoms with Gasteiger partial charge < -0.3 is 9.84 Å². The maximum Gasteiger partial charge on any atom is 0.123 e. The first-order valence-electron chi connectivity index (χ1n) is 5.16. The predicted molar refractivity (Wildman–Crippen MR) is 57.2 cm³/mol. The Bertz CT molecular complexity index is 292. The molecule has 1 atom stereocenters. The van der Waals surface area contributed by atoms with Gasteiger partial charge in [0.15, 0.2) is 0 Å². The molecule has 0 aromatic heterocycles. The second kappa shape index (κ2) is 5.83. The maximum absolute atomic E-state index is 13.0. The Kier molecular flexibility index (Phi) is 4.72. The fourth-order valence-corrected chi connectivity index (χ4v) is 1.46. The molecule has 0 aliphatic rings. The van der Waals surface area contributed by atoms with Crippen LogP contribution in [0.2, 0.25) is 0 Å². The minimum Gasteiger partial charge on any atom is -0.388 e. The van der Waals surface area contributed by atoms with Crippen LogP contribution in [0.1, 0.15) is 30.6 Å². The summed E-state index contributed by atoms with van der Waals surface area (Å²) in [4.78, 5) is 0. The lowest BCUT2D eigenvalue weighted by Crippen LogP contribution is -2.04. The molecule has 1 aromatic carbocycles. The first-order chi connectivity index (χ1) is 7.13. The van der Waals surface area contributed by atoms with Gasteiger partial charge in [-0.15, -0.1) is 0 Å². The molecule has 0 heterocycles. The van der Waals surface area contributed by atoms with Crippen LogP contribution in [0.15, 0.2) is 18.2 Å². The third kappa shape index (κ3) is 3.98. The van der Waals surface area contributed by atoms with E-state index in [1.165, 1.54) is 12.1 Å². The summed E-state index contributed by atoms with van der Waals surface area (Å²) in [5.74, 6) is -0.305. The monoisotopic (exact) mass is 212 g/mol. The van der Waals surface area contributed by atoms with Crippen molar-refractivity contribution < 1.29 is 14.2 Å². The molecular weight excluding hydrogens is 195 g/mol. The van der Waals surface area contributed by atoms with Gasteiger partial charge in [0.2, 0.25) is 0 Å². The van der Waals surface area contributed by atoms with Gasteiger partial charge in [0.05, 0.1) is 6.10 Å². The zero-order valence-electron chi connectivity index (χ0n) is 9.16. The molecule has 1 aromatic rings. The predicted octanol–water partition coefficient (Wildman–Crippen LogP) is 2.59. The topological polar surface area (TPSA) is 29.5 Å². The Morgan fingerprint density at radius 1 is 1.40 bits per heavy atom. The second-order valence-corrected chi connectivity index (χ2v) is 3.56. The second-order valence-electron chi connectivity index (χ2n) is 3.56.